The van der Waals surface area contributed by atoms with Crippen LogP contribution in [0, 0.1) is 6.92 Å². The second kappa shape index (κ2) is 9.05. The second-order valence-electron chi connectivity index (χ2n) is 6.75. The van der Waals surface area contributed by atoms with Crippen LogP contribution in [0.2, 0.25) is 0 Å². The van der Waals surface area contributed by atoms with Gasteiger partial charge in [-0.1, -0.05) is 19.1 Å². The van der Waals surface area contributed by atoms with Crippen molar-refractivity contribution in [1.29, 1.82) is 0 Å². The number of hydrogen-bond acceptors (Lipinski definition) is 7. The number of rotatable bonds is 8. The summed E-state index contributed by atoms with van der Waals surface area (Å²) in [7, 11) is 0. The van der Waals surface area contributed by atoms with E-state index in [0.29, 0.717) is 18.0 Å². The zero-order valence-corrected chi connectivity index (χ0v) is 16.4. The Morgan fingerprint density at radius 1 is 1.04 bits per heavy atom. The van der Waals surface area contributed by atoms with Gasteiger partial charge in [-0.2, -0.15) is 0 Å². The van der Waals surface area contributed by atoms with E-state index in [-0.39, 0.29) is 19.8 Å². The maximum absolute atomic E-state index is 9.55. The van der Waals surface area contributed by atoms with Crippen LogP contribution in [0.1, 0.15) is 30.3 Å². The lowest BCUT2D eigenvalue weighted by atomic mass is 10.0. The third-order valence-electron chi connectivity index (χ3n) is 4.75. The molecule has 28 heavy (non-hydrogen) atoms. The molecule has 0 fully saturated rings. The van der Waals surface area contributed by atoms with Crippen LogP contribution in [-0.4, -0.2) is 44.9 Å². The van der Waals surface area contributed by atoms with E-state index in [9.17, 15) is 10.2 Å². The fourth-order valence-electron chi connectivity index (χ4n) is 3.25. The molecule has 0 aliphatic rings. The third-order valence-corrected chi connectivity index (χ3v) is 4.75. The number of benzene rings is 1. The number of fused-ring (bicyclic) bond motifs is 1. The Hall–Kier alpha value is -2.61. The highest BCUT2D eigenvalue weighted by molar-refractivity contribution is 5.88. The van der Waals surface area contributed by atoms with Gasteiger partial charge in [0.05, 0.1) is 30.8 Å². The SMILES string of the molecule is CCCN(CCO)c1nc(CN)nc2nc(-c3ccc(C)c(CO)c3)ccc12. The molecule has 2 heterocycles. The predicted molar refractivity (Wildman–Crippen MR) is 111 cm³/mol. The molecule has 0 aliphatic heterocycles. The molecule has 3 rings (SSSR count). The number of nitrogens with zero attached hydrogens (tertiary/aromatic N) is 4. The minimum atomic E-state index is -0.00989. The number of aliphatic hydroxyl groups excluding tert-OH is 2. The van der Waals surface area contributed by atoms with Crippen LogP contribution in [0.3, 0.4) is 0 Å². The van der Waals surface area contributed by atoms with Gasteiger partial charge in [-0.15, -0.1) is 0 Å². The first-order valence-corrected chi connectivity index (χ1v) is 9.55. The minimum absolute atomic E-state index is 0.00989. The molecular weight excluding hydrogens is 354 g/mol. The Morgan fingerprint density at radius 3 is 2.54 bits per heavy atom. The Balaban J connectivity index is 2.13. The van der Waals surface area contributed by atoms with Gasteiger partial charge >= 0.3 is 0 Å². The zero-order valence-electron chi connectivity index (χ0n) is 16.4. The molecule has 148 valence electrons. The van der Waals surface area contributed by atoms with Gasteiger partial charge in [0.15, 0.2) is 5.65 Å². The Kier molecular flexibility index (Phi) is 6.51. The molecule has 3 aromatic rings. The van der Waals surface area contributed by atoms with E-state index in [4.69, 9.17) is 10.7 Å². The first-order chi connectivity index (χ1) is 13.6. The summed E-state index contributed by atoms with van der Waals surface area (Å²) in [6.07, 6.45) is 0.933. The molecule has 0 saturated carbocycles. The highest BCUT2D eigenvalue weighted by Gasteiger charge is 2.15. The zero-order chi connectivity index (χ0) is 20.1. The van der Waals surface area contributed by atoms with Gasteiger partial charge in [0.1, 0.15) is 11.6 Å². The van der Waals surface area contributed by atoms with Crippen LogP contribution in [0.25, 0.3) is 22.3 Å². The van der Waals surface area contributed by atoms with Gasteiger partial charge < -0.3 is 20.8 Å². The van der Waals surface area contributed by atoms with Crippen molar-refractivity contribution in [3.8, 4) is 11.3 Å². The number of pyridine rings is 1. The van der Waals surface area contributed by atoms with Crippen molar-refractivity contribution < 1.29 is 10.2 Å². The van der Waals surface area contributed by atoms with Crippen LogP contribution >= 0.6 is 0 Å². The van der Waals surface area contributed by atoms with Crippen LogP contribution in [0.15, 0.2) is 30.3 Å². The minimum Gasteiger partial charge on any atom is -0.395 e. The van der Waals surface area contributed by atoms with Gasteiger partial charge in [-0.25, -0.2) is 15.0 Å². The molecule has 0 unspecified atom stereocenters. The van der Waals surface area contributed by atoms with Gasteiger partial charge in [0.25, 0.3) is 0 Å². The number of aliphatic hydroxyl groups is 2. The molecule has 7 heteroatoms. The molecule has 7 nitrogen and oxygen atoms in total. The van der Waals surface area contributed by atoms with E-state index in [1.54, 1.807) is 0 Å². The van der Waals surface area contributed by atoms with Crippen LogP contribution in [0.5, 0.6) is 0 Å². The van der Waals surface area contributed by atoms with Gasteiger partial charge in [0, 0.05) is 18.7 Å². The molecule has 4 N–H and O–H groups in total. The van der Waals surface area contributed by atoms with Crippen LogP contribution < -0.4 is 10.6 Å². The summed E-state index contributed by atoms with van der Waals surface area (Å²) in [5, 5.41) is 19.8. The maximum atomic E-state index is 9.55. The summed E-state index contributed by atoms with van der Waals surface area (Å²) >= 11 is 0. The summed E-state index contributed by atoms with van der Waals surface area (Å²) in [4.78, 5) is 15.9. The first-order valence-electron chi connectivity index (χ1n) is 9.55. The summed E-state index contributed by atoms with van der Waals surface area (Å²) in [6.45, 7) is 5.57. The van der Waals surface area contributed by atoms with Crippen molar-refractivity contribution in [3.05, 3.63) is 47.3 Å². The summed E-state index contributed by atoms with van der Waals surface area (Å²) in [5.74, 6) is 1.27. The lowest BCUT2D eigenvalue weighted by Gasteiger charge is -2.24. The van der Waals surface area contributed by atoms with Crippen molar-refractivity contribution >= 4 is 16.9 Å². The van der Waals surface area contributed by atoms with Crippen molar-refractivity contribution in [1.82, 2.24) is 15.0 Å². The molecule has 2 aromatic heterocycles. The molecule has 0 bridgehead atoms. The first kappa shape index (κ1) is 20.1. The fraction of sp³-hybridized carbons (Fsp3) is 0.381. The van der Waals surface area contributed by atoms with Gasteiger partial charge in [0.2, 0.25) is 0 Å². The summed E-state index contributed by atoms with van der Waals surface area (Å²) in [5.41, 5.74) is 10.0. The molecule has 0 amide bonds. The van der Waals surface area contributed by atoms with E-state index in [1.807, 2.05) is 42.2 Å². The molecule has 0 radical (unpaired) electrons. The van der Waals surface area contributed by atoms with E-state index < -0.39 is 0 Å². The largest absolute Gasteiger partial charge is 0.395 e. The van der Waals surface area contributed by atoms with Gasteiger partial charge in [-0.3, -0.25) is 0 Å². The summed E-state index contributed by atoms with van der Waals surface area (Å²) < 4.78 is 0. The lowest BCUT2D eigenvalue weighted by Crippen LogP contribution is -2.29. The molecule has 0 spiro atoms. The molecule has 0 atom stereocenters. The molecule has 1 aromatic carbocycles. The van der Waals surface area contributed by atoms with E-state index in [0.717, 1.165) is 46.6 Å². The number of anilines is 1. The standard InChI is InChI=1S/C21H27N5O2/c1-3-8-26(9-10-27)21-17-6-7-18(23-20(17)24-19(12-22)25-21)15-5-4-14(2)16(11-15)13-28/h4-7,11,27-28H,3,8-10,12-13,22H2,1-2H3. The number of aryl methyl sites for hydroxylation is 1. The van der Waals surface area contributed by atoms with E-state index in [1.165, 1.54) is 0 Å². The number of aromatic nitrogens is 3. The third kappa shape index (κ3) is 4.11. The van der Waals surface area contributed by atoms with Crippen LogP contribution in [0.4, 0.5) is 5.82 Å². The predicted octanol–water partition coefficient (Wildman–Crippen LogP) is 2.16. The lowest BCUT2D eigenvalue weighted by molar-refractivity contribution is 0.281. The Labute approximate surface area is 164 Å². The normalized spacial score (nSPS) is 11.2. The fourth-order valence-corrected chi connectivity index (χ4v) is 3.25. The second-order valence-corrected chi connectivity index (χ2v) is 6.75. The number of hydrogen-bond donors (Lipinski definition) is 3. The monoisotopic (exact) mass is 381 g/mol. The summed E-state index contributed by atoms with van der Waals surface area (Å²) in [6, 6.07) is 9.82. The maximum Gasteiger partial charge on any atom is 0.165 e. The van der Waals surface area contributed by atoms with Gasteiger partial charge in [-0.05, 0) is 42.7 Å². The van der Waals surface area contributed by atoms with E-state index in [2.05, 4.69) is 16.9 Å². The highest BCUT2D eigenvalue weighted by Crippen LogP contribution is 2.27. The van der Waals surface area contributed by atoms with Crippen molar-refractivity contribution in [2.45, 2.75) is 33.4 Å². The van der Waals surface area contributed by atoms with Crippen molar-refractivity contribution in [3.63, 3.8) is 0 Å². The smallest absolute Gasteiger partial charge is 0.165 e. The Bertz CT molecular complexity index is 955. The quantitative estimate of drug-likeness (QED) is 0.549. The highest BCUT2D eigenvalue weighted by atomic mass is 16.3. The Morgan fingerprint density at radius 2 is 1.86 bits per heavy atom. The van der Waals surface area contributed by atoms with Crippen molar-refractivity contribution in [2.24, 2.45) is 5.73 Å². The average Bonchev–Trinajstić information content (AvgIpc) is 2.72. The molecule has 0 aliphatic carbocycles. The average molecular weight is 381 g/mol. The molecule has 0 saturated heterocycles. The molecular formula is C21H27N5O2. The number of nitrogens with two attached hydrogens (primary N) is 1. The van der Waals surface area contributed by atoms with Crippen molar-refractivity contribution in [2.75, 3.05) is 24.6 Å². The van der Waals surface area contributed by atoms with E-state index >= 15 is 0 Å². The topological polar surface area (TPSA) is 108 Å². The van der Waals surface area contributed by atoms with Crippen LogP contribution in [-0.2, 0) is 13.2 Å².